The maximum Gasteiger partial charge on any atom is 0.259 e. The highest BCUT2D eigenvalue weighted by atomic mass is 16.5. The summed E-state index contributed by atoms with van der Waals surface area (Å²) in [6, 6.07) is 18.3. The highest BCUT2D eigenvalue weighted by Gasteiger charge is 2.38. The first-order valence-electron chi connectivity index (χ1n) is 11.2. The van der Waals surface area contributed by atoms with Gasteiger partial charge in [-0.1, -0.05) is 42.5 Å². The second-order valence-corrected chi connectivity index (χ2v) is 8.56. The molecule has 0 saturated heterocycles. The number of rotatable bonds is 3. The van der Waals surface area contributed by atoms with Crippen LogP contribution < -0.4 is 15.2 Å². The number of fused-ring (bicyclic) bond motifs is 1. The van der Waals surface area contributed by atoms with Crippen LogP contribution >= 0.6 is 0 Å². The monoisotopic (exact) mass is 450 g/mol. The molecule has 1 atom stereocenters. The molecule has 2 aliphatic heterocycles. The van der Waals surface area contributed by atoms with E-state index >= 15 is 0 Å². The van der Waals surface area contributed by atoms with E-state index in [-0.39, 0.29) is 11.5 Å². The number of aromatic amines is 1. The number of carbonyl (C=O) groups excluding carboxylic acids is 1. The maximum absolute atomic E-state index is 14.0. The van der Waals surface area contributed by atoms with Crippen molar-refractivity contribution in [2.45, 2.75) is 19.4 Å². The Hall–Kier alpha value is -4.26. The molecular formula is C27H22N4O3. The number of aliphatic imine (C=N–C) groups is 1. The van der Waals surface area contributed by atoms with Crippen LogP contribution in [0, 0.1) is 6.92 Å². The van der Waals surface area contributed by atoms with Crippen LogP contribution in [0.2, 0.25) is 0 Å². The lowest BCUT2D eigenvalue weighted by atomic mass is 9.97. The molecule has 0 spiro atoms. The molecule has 0 bridgehead atoms. The van der Waals surface area contributed by atoms with E-state index in [0.717, 1.165) is 34.5 Å². The number of nitrogens with one attached hydrogen (secondary N) is 1. The molecular weight excluding hydrogens is 428 g/mol. The van der Waals surface area contributed by atoms with Crippen LogP contribution in [-0.4, -0.2) is 35.2 Å². The summed E-state index contributed by atoms with van der Waals surface area (Å²) in [6.45, 7) is 2.30. The maximum atomic E-state index is 14.0. The van der Waals surface area contributed by atoms with Crippen molar-refractivity contribution >= 4 is 28.2 Å². The Morgan fingerprint density at radius 1 is 1.06 bits per heavy atom. The molecule has 0 saturated carbocycles. The van der Waals surface area contributed by atoms with Crippen LogP contribution in [0.4, 0.5) is 5.69 Å². The van der Waals surface area contributed by atoms with Crippen LogP contribution in [0.1, 0.15) is 34.1 Å². The van der Waals surface area contributed by atoms with Gasteiger partial charge in [-0.15, -0.1) is 0 Å². The Balaban J connectivity index is 1.67. The van der Waals surface area contributed by atoms with Crippen LogP contribution in [0.3, 0.4) is 0 Å². The number of ether oxygens (including phenoxy) is 1. The number of amides is 1. The molecule has 0 aliphatic carbocycles. The van der Waals surface area contributed by atoms with Crippen molar-refractivity contribution in [3.05, 3.63) is 99.1 Å². The van der Waals surface area contributed by atoms with Crippen molar-refractivity contribution in [1.82, 2.24) is 9.97 Å². The molecule has 4 aromatic rings. The molecule has 34 heavy (non-hydrogen) atoms. The predicted molar refractivity (Wildman–Crippen MR) is 131 cm³/mol. The van der Waals surface area contributed by atoms with Gasteiger partial charge in [-0.25, -0.2) is 4.98 Å². The van der Waals surface area contributed by atoms with Crippen molar-refractivity contribution in [3.63, 3.8) is 0 Å². The van der Waals surface area contributed by atoms with Crippen molar-refractivity contribution in [2.75, 3.05) is 18.6 Å². The minimum atomic E-state index is -0.881. The van der Waals surface area contributed by atoms with Gasteiger partial charge in [-0.2, -0.15) is 0 Å². The van der Waals surface area contributed by atoms with Gasteiger partial charge in [0.25, 0.3) is 11.5 Å². The van der Waals surface area contributed by atoms with E-state index in [2.05, 4.69) is 9.97 Å². The molecule has 7 nitrogen and oxygen atoms in total. The zero-order chi connectivity index (χ0) is 23.4. The molecule has 1 unspecified atom stereocenters. The molecule has 7 heteroatoms. The number of anilines is 1. The standard InChI is InChI=1S/C27H22N4O3/c1-15-28-21-10-6-9-19(22(21)26(32)29-15)24-27(33)31-12-11-17-13-18(34-2)14-20(25(17)31)23(30-24)16-7-4-3-5-8-16/h3-10,13-14,24H,11-12H2,1-2H3,(H,28,29,32). The van der Waals surface area contributed by atoms with Gasteiger partial charge in [0.05, 0.1) is 29.4 Å². The highest BCUT2D eigenvalue weighted by Crippen LogP contribution is 2.42. The lowest BCUT2D eigenvalue weighted by Crippen LogP contribution is -2.33. The lowest BCUT2D eigenvalue weighted by Gasteiger charge is -2.21. The molecule has 0 radical (unpaired) electrons. The van der Waals surface area contributed by atoms with Gasteiger partial charge in [-0.05, 0) is 37.1 Å². The Morgan fingerprint density at radius 2 is 1.88 bits per heavy atom. The van der Waals surface area contributed by atoms with Gasteiger partial charge < -0.3 is 14.6 Å². The number of hydrogen-bond donors (Lipinski definition) is 1. The summed E-state index contributed by atoms with van der Waals surface area (Å²) >= 11 is 0. The zero-order valence-electron chi connectivity index (χ0n) is 18.8. The Morgan fingerprint density at radius 3 is 2.68 bits per heavy atom. The number of carbonyl (C=O) groups is 1. The fraction of sp³-hybridized carbons (Fsp3) is 0.185. The van der Waals surface area contributed by atoms with Crippen LogP contribution in [-0.2, 0) is 11.2 Å². The van der Waals surface area contributed by atoms with Gasteiger partial charge in [0.15, 0.2) is 6.04 Å². The molecule has 1 amide bonds. The summed E-state index contributed by atoms with van der Waals surface area (Å²) in [7, 11) is 1.64. The van der Waals surface area contributed by atoms with Crippen molar-refractivity contribution in [1.29, 1.82) is 0 Å². The van der Waals surface area contributed by atoms with Crippen LogP contribution in [0.15, 0.2) is 70.5 Å². The Bertz CT molecular complexity index is 1560. The fourth-order valence-electron chi connectivity index (χ4n) is 5.03. The van der Waals surface area contributed by atoms with Gasteiger partial charge in [0.1, 0.15) is 11.6 Å². The number of benzene rings is 3. The smallest absolute Gasteiger partial charge is 0.259 e. The minimum absolute atomic E-state index is 0.149. The Labute approximate surface area is 195 Å². The van der Waals surface area contributed by atoms with E-state index in [9.17, 15) is 9.59 Å². The summed E-state index contributed by atoms with van der Waals surface area (Å²) in [5.74, 6) is 1.11. The molecule has 6 rings (SSSR count). The van der Waals surface area contributed by atoms with Gasteiger partial charge in [0, 0.05) is 23.2 Å². The molecule has 2 aliphatic rings. The molecule has 3 aromatic carbocycles. The number of aryl methyl sites for hydroxylation is 1. The van der Waals surface area contributed by atoms with E-state index in [4.69, 9.17) is 9.73 Å². The average Bonchev–Trinajstić information content (AvgIpc) is 3.23. The summed E-state index contributed by atoms with van der Waals surface area (Å²) in [6.07, 6.45) is 0.733. The van der Waals surface area contributed by atoms with Crippen molar-refractivity contribution in [2.24, 2.45) is 4.99 Å². The van der Waals surface area contributed by atoms with E-state index in [1.165, 1.54) is 0 Å². The molecule has 3 heterocycles. The summed E-state index contributed by atoms with van der Waals surface area (Å²) < 4.78 is 5.58. The number of methoxy groups -OCH3 is 1. The number of H-pyrrole nitrogens is 1. The third kappa shape index (κ3) is 3.04. The van der Waals surface area contributed by atoms with Gasteiger partial charge >= 0.3 is 0 Å². The third-order valence-corrected chi connectivity index (χ3v) is 6.51. The van der Waals surface area contributed by atoms with Crippen molar-refractivity contribution in [3.8, 4) is 5.75 Å². The number of hydrogen-bond acceptors (Lipinski definition) is 5. The van der Waals surface area contributed by atoms with Crippen molar-refractivity contribution < 1.29 is 9.53 Å². The lowest BCUT2D eigenvalue weighted by molar-refractivity contribution is -0.119. The first-order chi connectivity index (χ1) is 16.5. The van der Waals surface area contributed by atoms with Crippen LogP contribution in [0.25, 0.3) is 10.9 Å². The predicted octanol–water partition coefficient (Wildman–Crippen LogP) is 3.72. The number of aromatic nitrogens is 2. The van der Waals surface area contributed by atoms with E-state index in [0.29, 0.717) is 34.5 Å². The van der Waals surface area contributed by atoms with E-state index in [1.807, 2.05) is 53.4 Å². The van der Waals surface area contributed by atoms with E-state index in [1.54, 1.807) is 26.2 Å². The molecule has 0 fully saturated rings. The van der Waals surface area contributed by atoms with Gasteiger partial charge in [0.2, 0.25) is 0 Å². The van der Waals surface area contributed by atoms with Crippen LogP contribution in [0.5, 0.6) is 5.75 Å². The highest BCUT2D eigenvalue weighted by molar-refractivity contribution is 6.21. The second kappa shape index (κ2) is 7.66. The molecule has 168 valence electrons. The minimum Gasteiger partial charge on any atom is -0.497 e. The largest absolute Gasteiger partial charge is 0.497 e. The topological polar surface area (TPSA) is 87.6 Å². The summed E-state index contributed by atoms with van der Waals surface area (Å²) in [5.41, 5.74) is 5.22. The number of nitrogens with zero attached hydrogens (tertiary/aromatic N) is 3. The zero-order valence-corrected chi connectivity index (χ0v) is 18.8. The first-order valence-corrected chi connectivity index (χ1v) is 11.2. The fourth-order valence-corrected chi connectivity index (χ4v) is 5.03. The second-order valence-electron chi connectivity index (χ2n) is 8.56. The first kappa shape index (κ1) is 20.4. The molecule has 1 N–H and O–H groups in total. The molecule has 1 aromatic heterocycles. The van der Waals surface area contributed by atoms with Gasteiger partial charge in [-0.3, -0.25) is 14.6 Å². The summed E-state index contributed by atoms with van der Waals surface area (Å²) in [5, 5.41) is 0.394. The quantitative estimate of drug-likeness (QED) is 0.515. The SMILES string of the molecule is COc1cc2c3c(c1)C(c1ccccc1)=NC(c1cccc4nc(C)[nH]c(=O)c14)C(=O)N3CC2. The summed E-state index contributed by atoms with van der Waals surface area (Å²) in [4.78, 5) is 41.1. The third-order valence-electron chi connectivity index (χ3n) is 6.51. The Kier molecular flexibility index (Phi) is 4.58. The average molecular weight is 450 g/mol. The van der Waals surface area contributed by atoms with E-state index < -0.39 is 6.04 Å². The normalized spacial score (nSPS) is 16.9.